The number of fused-ring (bicyclic) bond motifs is 1. The minimum Gasteiger partial charge on any atom is -0.373 e. The maximum Gasteiger partial charge on any atom is 0.274 e. The van der Waals surface area contributed by atoms with Gasteiger partial charge in [-0.05, 0) is 18.4 Å². The summed E-state index contributed by atoms with van der Waals surface area (Å²) in [5.74, 6) is -0.0450. The van der Waals surface area contributed by atoms with Gasteiger partial charge in [0.1, 0.15) is 11.8 Å². The molecule has 1 aromatic carbocycles. The van der Waals surface area contributed by atoms with E-state index >= 15 is 0 Å². The van der Waals surface area contributed by atoms with Gasteiger partial charge in [-0.3, -0.25) is 9.59 Å². The number of hydrogen-bond acceptors (Lipinski definition) is 5. The van der Waals surface area contributed by atoms with Crippen molar-refractivity contribution in [3.05, 3.63) is 53.4 Å². The lowest BCUT2D eigenvalue weighted by Crippen LogP contribution is -2.50. The standard InChI is InChI=1S/C20H23N3O4/c24-19(16-11-14(27-23-16)10-13-6-2-1-3-7-13)22-17-12-26-18-9-5-4-8-15(18)21-20(17)25/h1-3,6-7,11,15,17-18H,4-5,8-10,12H2,(H,21,25)(H,22,24)/t15-,17+,18-/m1/s1. The highest BCUT2D eigenvalue weighted by atomic mass is 16.5. The lowest BCUT2D eigenvalue weighted by molar-refractivity contribution is -0.123. The third kappa shape index (κ3) is 4.19. The summed E-state index contributed by atoms with van der Waals surface area (Å²) in [7, 11) is 0. The summed E-state index contributed by atoms with van der Waals surface area (Å²) in [5, 5.41) is 9.56. The van der Waals surface area contributed by atoms with Gasteiger partial charge in [0, 0.05) is 12.5 Å². The Balaban J connectivity index is 1.38. The Morgan fingerprint density at radius 3 is 2.89 bits per heavy atom. The van der Waals surface area contributed by atoms with Gasteiger partial charge in [-0.15, -0.1) is 0 Å². The number of amides is 2. The highest BCUT2D eigenvalue weighted by Crippen LogP contribution is 2.23. The van der Waals surface area contributed by atoms with Crippen LogP contribution in [0, 0.1) is 0 Å². The molecule has 2 aliphatic rings. The molecule has 1 saturated heterocycles. The first-order valence-electron chi connectivity index (χ1n) is 9.41. The summed E-state index contributed by atoms with van der Waals surface area (Å²) in [4.78, 5) is 24.9. The van der Waals surface area contributed by atoms with E-state index in [1.807, 2.05) is 30.3 Å². The topological polar surface area (TPSA) is 93.5 Å². The van der Waals surface area contributed by atoms with Gasteiger partial charge in [0.2, 0.25) is 5.91 Å². The Morgan fingerprint density at radius 1 is 1.22 bits per heavy atom. The molecule has 1 aliphatic carbocycles. The molecular formula is C20H23N3O4. The first-order chi connectivity index (χ1) is 13.2. The molecule has 3 atom stereocenters. The van der Waals surface area contributed by atoms with Crippen molar-refractivity contribution < 1.29 is 18.8 Å². The van der Waals surface area contributed by atoms with Gasteiger partial charge in [0.15, 0.2) is 5.69 Å². The Hall–Kier alpha value is -2.67. The SMILES string of the molecule is O=C(N[C@H]1CO[C@@H]2CCCC[C@H]2NC1=O)c1cc(Cc2ccccc2)on1. The first-order valence-corrected chi connectivity index (χ1v) is 9.41. The Kier molecular flexibility index (Phi) is 5.20. The van der Waals surface area contributed by atoms with E-state index in [9.17, 15) is 9.59 Å². The summed E-state index contributed by atoms with van der Waals surface area (Å²) in [6.45, 7) is 0.174. The average molecular weight is 369 g/mol. The van der Waals surface area contributed by atoms with Crippen molar-refractivity contribution in [3.8, 4) is 0 Å². The highest BCUT2D eigenvalue weighted by Gasteiger charge is 2.35. The van der Waals surface area contributed by atoms with Gasteiger partial charge in [-0.2, -0.15) is 0 Å². The number of nitrogens with zero attached hydrogens (tertiary/aromatic N) is 1. The number of nitrogens with one attached hydrogen (secondary N) is 2. The van der Waals surface area contributed by atoms with E-state index in [1.165, 1.54) is 0 Å². The number of ether oxygens (including phenoxy) is 1. The molecule has 2 heterocycles. The van der Waals surface area contributed by atoms with Gasteiger partial charge in [0.05, 0.1) is 18.8 Å². The molecule has 0 spiro atoms. The summed E-state index contributed by atoms with van der Waals surface area (Å²) in [5.41, 5.74) is 1.23. The minimum atomic E-state index is -0.725. The van der Waals surface area contributed by atoms with Crippen LogP contribution in [0.2, 0.25) is 0 Å². The van der Waals surface area contributed by atoms with E-state index in [0.29, 0.717) is 12.2 Å². The molecule has 1 aromatic heterocycles. The van der Waals surface area contributed by atoms with Crippen LogP contribution in [0.15, 0.2) is 40.9 Å². The predicted octanol–water partition coefficient (Wildman–Crippen LogP) is 1.82. The van der Waals surface area contributed by atoms with E-state index in [1.54, 1.807) is 6.07 Å². The lowest BCUT2D eigenvalue weighted by Gasteiger charge is -2.29. The fraction of sp³-hybridized carbons (Fsp3) is 0.450. The largest absolute Gasteiger partial charge is 0.373 e. The monoisotopic (exact) mass is 369 g/mol. The van der Waals surface area contributed by atoms with Crippen LogP contribution in [0.25, 0.3) is 0 Å². The molecule has 142 valence electrons. The number of hydrogen-bond donors (Lipinski definition) is 2. The molecule has 1 aliphatic heterocycles. The molecule has 2 N–H and O–H groups in total. The zero-order chi connectivity index (χ0) is 18.6. The van der Waals surface area contributed by atoms with Crippen molar-refractivity contribution in [1.29, 1.82) is 0 Å². The average Bonchev–Trinajstić information content (AvgIpc) is 3.09. The second-order valence-electron chi connectivity index (χ2n) is 7.14. The van der Waals surface area contributed by atoms with Crippen LogP contribution in [-0.4, -0.2) is 41.8 Å². The zero-order valence-corrected chi connectivity index (χ0v) is 15.0. The zero-order valence-electron chi connectivity index (χ0n) is 15.0. The van der Waals surface area contributed by atoms with E-state index in [-0.39, 0.29) is 30.4 Å². The number of carbonyl (C=O) groups is 2. The molecule has 2 aromatic rings. The Morgan fingerprint density at radius 2 is 2.04 bits per heavy atom. The molecule has 4 rings (SSSR count). The summed E-state index contributed by atoms with van der Waals surface area (Å²) in [6, 6.07) is 10.7. The van der Waals surface area contributed by atoms with E-state index < -0.39 is 11.9 Å². The number of carbonyl (C=O) groups excluding carboxylic acids is 2. The number of aromatic nitrogens is 1. The minimum absolute atomic E-state index is 0.0362. The summed E-state index contributed by atoms with van der Waals surface area (Å²) < 4.78 is 11.1. The molecular weight excluding hydrogens is 346 g/mol. The quantitative estimate of drug-likeness (QED) is 0.857. The number of rotatable bonds is 4. The van der Waals surface area contributed by atoms with Crippen molar-refractivity contribution in [2.24, 2.45) is 0 Å². The lowest BCUT2D eigenvalue weighted by atomic mass is 9.92. The van der Waals surface area contributed by atoms with Crippen molar-refractivity contribution in [2.45, 2.75) is 50.3 Å². The fourth-order valence-corrected chi connectivity index (χ4v) is 3.68. The maximum atomic E-state index is 12.5. The highest BCUT2D eigenvalue weighted by molar-refractivity contribution is 5.96. The van der Waals surface area contributed by atoms with Crippen LogP contribution in [0.1, 0.15) is 47.5 Å². The van der Waals surface area contributed by atoms with Crippen molar-refractivity contribution in [2.75, 3.05) is 6.61 Å². The van der Waals surface area contributed by atoms with Crippen molar-refractivity contribution in [1.82, 2.24) is 15.8 Å². The predicted molar refractivity (Wildman–Crippen MR) is 97.1 cm³/mol. The van der Waals surface area contributed by atoms with Crippen molar-refractivity contribution >= 4 is 11.8 Å². The second kappa shape index (κ2) is 7.92. The summed E-state index contributed by atoms with van der Waals surface area (Å²) >= 11 is 0. The van der Waals surface area contributed by atoms with E-state index in [0.717, 1.165) is 31.2 Å². The maximum absolute atomic E-state index is 12.5. The molecule has 2 amide bonds. The van der Waals surface area contributed by atoms with Gasteiger partial charge < -0.3 is 19.9 Å². The van der Waals surface area contributed by atoms with Gasteiger partial charge >= 0.3 is 0 Å². The third-order valence-corrected chi connectivity index (χ3v) is 5.14. The van der Waals surface area contributed by atoms with Gasteiger partial charge in [-0.25, -0.2) is 0 Å². The van der Waals surface area contributed by atoms with E-state index in [2.05, 4.69) is 15.8 Å². The molecule has 2 fully saturated rings. The fourth-order valence-electron chi connectivity index (χ4n) is 3.68. The van der Waals surface area contributed by atoms with Crippen LogP contribution in [0.5, 0.6) is 0 Å². The molecule has 27 heavy (non-hydrogen) atoms. The first kappa shape index (κ1) is 17.7. The summed E-state index contributed by atoms with van der Waals surface area (Å²) in [6.07, 6.45) is 4.65. The normalized spacial score (nSPS) is 25.2. The molecule has 0 bridgehead atoms. The Bertz CT molecular complexity index is 805. The molecule has 0 radical (unpaired) electrons. The molecule has 0 unspecified atom stereocenters. The number of benzene rings is 1. The van der Waals surface area contributed by atoms with E-state index in [4.69, 9.17) is 9.26 Å². The Labute approximate surface area is 157 Å². The van der Waals surface area contributed by atoms with Crippen LogP contribution >= 0.6 is 0 Å². The third-order valence-electron chi connectivity index (χ3n) is 5.14. The van der Waals surface area contributed by atoms with Gasteiger partial charge in [-0.1, -0.05) is 48.3 Å². The van der Waals surface area contributed by atoms with Crippen LogP contribution in [0.3, 0.4) is 0 Å². The van der Waals surface area contributed by atoms with Crippen LogP contribution in [-0.2, 0) is 16.0 Å². The second-order valence-corrected chi connectivity index (χ2v) is 7.14. The molecule has 7 heteroatoms. The van der Waals surface area contributed by atoms with Gasteiger partial charge in [0.25, 0.3) is 5.91 Å². The van der Waals surface area contributed by atoms with Crippen molar-refractivity contribution in [3.63, 3.8) is 0 Å². The molecule has 1 saturated carbocycles. The van der Waals surface area contributed by atoms with Crippen LogP contribution < -0.4 is 10.6 Å². The smallest absolute Gasteiger partial charge is 0.274 e. The van der Waals surface area contributed by atoms with Crippen LogP contribution in [0.4, 0.5) is 0 Å². The molecule has 7 nitrogen and oxygen atoms in total.